The minimum absolute atomic E-state index is 0.00547. The molecule has 170 valence electrons. The third-order valence-corrected chi connectivity index (χ3v) is 5.85. The van der Waals surface area contributed by atoms with Crippen molar-refractivity contribution in [2.24, 2.45) is 4.99 Å². The summed E-state index contributed by atoms with van der Waals surface area (Å²) >= 11 is 0. The summed E-state index contributed by atoms with van der Waals surface area (Å²) in [7, 11) is -1.64. The molecule has 0 unspecified atom stereocenters. The number of hydrogen-bond acceptors (Lipinski definition) is 6. The second-order valence-corrected chi connectivity index (χ2v) is 10.1. The van der Waals surface area contributed by atoms with E-state index in [4.69, 9.17) is 9.47 Å². The summed E-state index contributed by atoms with van der Waals surface area (Å²) in [6, 6.07) is 0. The van der Waals surface area contributed by atoms with Crippen molar-refractivity contribution >= 4 is 22.1 Å². The van der Waals surface area contributed by atoms with Gasteiger partial charge < -0.3 is 25.0 Å². The molecule has 1 aliphatic heterocycles. The molecule has 0 aromatic carbocycles. The lowest BCUT2D eigenvalue weighted by Gasteiger charge is -2.35. The van der Waals surface area contributed by atoms with Crippen molar-refractivity contribution in [1.82, 2.24) is 19.8 Å². The number of amides is 1. The van der Waals surface area contributed by atoms with Crippen molar-refractivity contribution in [3.05, 3.63) is 0 Å². The van der Waals surface area contributed by atoms with Crippen LogP contribution < -0.4 is 10.6 Å². The number of carbonyl (C=O) groups is 1. The molecule has 1 amide bonds. The van der Waals surface area contributed by atoms with E-state index < -0.39 is 21.7 Å². The number of guanidine groups is 1. The molecule has 0 saturated carbocycles. The number of carbonyl (C=O) groups excluding carboxylic acids is 1. The van der Waals surface area contributed by atoms with Crippen LogP contribution in [0.2, 0.25) is 0 Å². The third-order valence-electron chi connectivity index (χ3n) is 4.01. The predicted molar refractivity (Wildman–Crippen MR) is 114 cm³/mol. The topological polar surface area (TPSA) is 113 Å². The second kappa shape index (κ2) is 11.6. The van der Waals surface area contributed by atoms with E-state index in [1.807, 2.05) is 39.5 Å². The number of sulfonamides is 1. The van der Waals surface area contributed by atoms with Crippen LogP contribution in [0, 0.1) is 0 Å². The van der Waals surface area contributed by atoms with Gasteiger partial charge in [-0.3, -0.25) is 4.99 Å². The molecule has 0 radical (unpaired) electrons. The Morgan fingerprint density at radius 1 is 1.10 bits per heavy atom. The molecule has 0 aromatic heterocycles. The Hall–Kier alpha value is -1.59. The molecule has 1 aliphatic rings. The zero-order chi connectivity index (χ0) is 22.1. The molecule has 0 spiro atoms. The molecule has 1 fully saturated rings. The maximum atomic E-state index is 12.4. The summed E-state index contributed by atoms with van der Waals surface area (Å²) in [6.45, 7) is 12.2. The zero-order valence-corrected chi connectivity index (χ0v) is 19.3. The van der Waals surface area contributed by atoms with E-state index in [2.05, 4.69) is 15.6 Å². The number of hydrogen-bond donors (Lipinski definition) is 2. The van der Waals surface area contributed by atoms with Crippen molar-refractivity contribution in [3.63, 3.8) is 0 Å². The van der Waals surface area contributed by atoms with Crippen LogP contribution in [0.15, 0.2) is 4.99 Å². The third kappa shape index (κ3) is 10.1. The summed E-state index contributed by atoms with van der Waals surface area (Å²) in [5, 5.41) is 5.85. The van der Waals surface area contributed by atoms with Gasteiger partial charge in [0.15, 0.2) is 5.96 Å². The van der Waals surface area contributed by atoms with Gasteiger partial charge in [0.1, 0.15) is 5.60 Å². The molecule has 0 bridgehead atoms. The van der Waals surface area contributed by atoms with Crippen molar-refractivity contribution in [1.29, 1.82) is 0 Å². The molecule has 2 N–H and O–H groups in total. The van der Waals surface area contributed by atoms with Crippen LogP contribution >= 0.6 is 0 Å². The number of nitrogens with zero attached hydrogens (tertiary/aromatic N) is 3. The van der Waals surface area contributed by atoms with Crippen LogP contribution in [0.25, 0.3) is 0 Å². The van der Waals surface area contributed by atoms with Gasteiger partial charge >= 0.3 is 6.09 Å². The maximum Gasteiger partial charge on any atom is 0.407 e. The lowest BCUT2D eigenvalue weighted by molar-refractivity contribution is 0.0528. The summed E-state index contributed by atoms with van der Waals surface area (Å²) < 4.78 is 36.9. The first-order chi connectivity index (χ1) is 13.4. The van der Waals surface area contributed by atoms with E-state index in [9.17, 15) is 13.2 Å². The Kier molecular flexibility index (Phi) is 10.1. The van der Waals surface area contributed by atoms with Gasteiger partial charge in [-0.15, -0.1) is 0 Å². The van der Waals surface area contributed by atoms with Crippen LogP contribution in [0.4, 0.5) is 4.79 Å². The summed E-state index contributed by atoms with van der Waals surface area (Å²) in [6.07, 6.45) is -0.448. The Morgan fingerprint density at radius 3 is 2.21 bits per heavy atom. The lowest BCUT2D eigenvalue weighted by atomic mass is 10.2. The molecule has 0 aromatic rings. The lowest BCUT2D eigenvalue weighted by Crippen LogP contribution is -2.54. The van der Waals surface area contributed by atoms with Gasteiger partial charge in [0.2, 0.25) is 10.0 Å². The molecule has 11 heteroatoms. The standard InChI is InChI=1S/C18H37N5O5S/c1-15(2)27-13-14-29(25,26)23-11-9-22(10-12-23)16(19-6)20-7-8-21-17(24)28-18(3,4)5/h15H,7-14H2,1-6H3,(H,19,20)(H,21,24). The monoisotopic (exact) mass is 435 g/mol. The normalized spacial score (nSPS) is 16.8. The molecule has 29 heavy (non-hydrogen) atoms. The smallest absolute Gasteiger partial charge is 0.407 e. The molecular weight excluding hydrogens is 398 g/mol. The van der Waals surface area contributed by atoms with Crippen LogP contribution in [-0.4, -0.2) is 100 Å². The van der Waals surface area contributed by atoms with Gasteiger partial charge in [-0.25, -0.2) is 13.2 Å². The van der Waals surface area contributed by atoms with Gasteiger partial charge in [-0.1, -0.05) is 0 Å². The highest BCUT2D eigenvalue weighted by Crippen LogP contribution is 2.09. The minimum Gasteiger partial charge on any atom is -0.444 e. The fourth-order valence-electron chi connectivity index (χ4n) is 2.68. The number of ether oxygens (including phenoxy) is 2. The highest BCUT2D eigenvalue weighted by Gasteiger charge is 2.28. The number of aliphatic imine (C=N–C) groups is 1. The molecule has 10 nitrogen and oxygen atoms in total. The molecule has 0 atom stereocenters. The van der Waals surface area contributed by atoms with E-state index in [0.29, 0.717) is 45.2 Å². The Balaban J connectivity index is 2.37. The number of rotatable bonds is 8. The Morgan fingerprint density at radius 2 is 1.69 bits per heavy atom. The van der Waals surface area contributed by atoms with Crippen LogP contribution in [-0.2, 0) is 19.5 Å². The summed E-state index contributed by atoms with van der Waals surface area (Å²) in [5.74, 6) is 0.672. The summed E-state index contributed by atoms with van der Waals surface area (Å²) in [4.78, 5) is 17.9. The average Bonchev–Trinajstić information content (AvgIpc) is 2.60. The quantitative estimate of drug-likeness (QED) is 0.323. The number of alkyl carbamates (subject to hydrolysis) is 1. The van der Waals surface area contributed by atoms with E-state index >= 15 is 0 Å². The Labute approximate surface area is 175 Å². The Bertz CT molecular complexity index is 638. The first-order valence-corrected chi connectivity index (χ1v) is 11.6. The van der Waals surface area contributed by atoms with Crippen molar-refractivity contribution in [2.45, 2.75) is 46.3 Å². The molecule has 1 rings (SSSR count). The largest absolute Gasteiger partial charge is 0.444 e. The molecular formula is C18H37N5O5S. The van der Waals surface area contributed by atoms with Crippen molar-refractivity contribution < 1.29 is 22.7 Å². The van der Waals surface area contributed by atoms with E-state index in [-0.39, 0.29) is 18.5 Å². The number of piperazine rings is 1. The molecule has 1 heterocycles. The van der Waals surface area contributed by atoms with E-state index in [0.717, 1.165) is 0 Å². The van der Waals surface area contributed by atoms with Crippen LogP contribution in [0.1, 0.15) is 34.6 Å². The first kappa shape index (κ1) is 25.4. The van der Waals surface area contributed by atoms with Crippen molar-refractivity contribution in [2.75, 3.05) is 58.7 Å². The zero-order valence-electron chi connectivity index (χ0n) is 18.5. The van der Waals surface area contributed by atoms with Gasteiger partial charge in [-0.05, 0) is 34.6 Å². The summed E-state index contributed by atoms with van der Waals surface area (Å²) in [5.41, 5.74) is -0.533. The van der Waals surface area contributed by atoms with Gasteiger partial charge in [0.05, 0.1) is 18.5 Å². The van der Waals surface area contributed by atoms with Gasteiger partial charge in [0, 0.05) is 46.3 Å². The molecule has 1 saturated heterocycles. The SMILES string of the molecule is CN=C(NCCNC(=O)OC(C)(C)C)N1CCN(S(=O)(=O)CCOC(C)C)CC1. The van der Waals surface area contributed by atoms with Gasteiger partial charge in [-0.2, -0.15) is 4.31 Å². The predicted octanol–water partition coefficient (Wildman–Crippen LogP) is 0.459. The minimum atomic E-state index is -3.32. The van der Waals surface area contributed by atoms with Crippen molar-refractivity contribution in [3.8, 4) is 0 Å². The number of nitrogens with one attached hydrogen (secondary N) is 2. The van der Waals surface area contributed by atoms with Crippen LogP contribution in [0.3, 0.4) is 0 Å². The average molecular weight is 436 g/mol. The second-order valence-electron chi connectivity index (χ2n) is 8.02. The van der Waals surface area contributed by atoms with E-state index in [1.54, 1.807) is 7.05 Å². The fourth-order valence-corrected chi connectivity index (χ4v) is 3.97. The highest BCUT2D eigenvalue weighted by atomic mass is 32.2. The van der Waals surface area contributed by atoms with E-state index in [1.165, 1.54) is 4.31 Å². The molecule has 0 aliphatic carbocycles. The maximum absolute atomic E-state index is 12.4. The van der Waals surface area contributed by atoms with Crippen LogP contribution in [0.5, 0.6) is 0 Å². The fraction of sp³-hybridized carbons (Fsp3) is 0.889. The highest BCUT2D eigenvalue weighted by molar-refractivity contribution is 7.89. The van der Waals surface area contributed by atoms with Gasteiger partial charge in [0.25, 0.3) is 0 Å². The first-order valence-electron chi connectivity index (χ1n) is 9.96.